The van der Waals surface area contributed by atoms with Crippen LogP contribution in [0.3, 0.4) is 0 Å². The summed E-state index contributed by atoms with van der Waals surface area (Å²) in [5, 5.41) is 5.00. The smallest absolute Gasteiger partial charge is 0.0497 e. The van der Waals surface area contributed by atoms with Gasteiger partial charge in [-0.1, -0.05) is 152 Å². The van der Waals surface area contributed by atoms with E-state index in [1.165, 1.54) is 111 Å². The summed E-state index contributed by atoms with van der Waals surface area (Å²) in [6, 6.07) is 78.1. The van der Waals surface area contributed by atoms with Crippen molar-refractivity contribution in [2.75, 3.05) is 4.90 Å². The molecule has 0 bridgehead atoms. The molecule has 10 aromatic rings. The molecule has 0 atom stereocenters. The maximum absolute atomic E-state index is 2.47. The molecule has 0 radical (unpaired) electrons. The average molecular weight is 752 g/mol. The van der Waals surface area contributed by atoms with Gasteiger partial charge >= 0.3 is 0 Å². The van der Waals surface area contributed by atoms with Crippen molar-refractivity contribution in [2.24, 2.45) is 0 Å². The number of hydrogen-bond donors (Lipinski definition) is 0. The van der Waals surface area contributed by atoms with Gasteiger partial charge in [0.05, 0.1) is 0 Å². The normalized spacial score (nSPS) is 11.6. The molecule has 59 heavy (non-hydrogen) atoms. The zero-order valence-electron chi connectivity index (χ0n) is 33.2. The monoisotopic (exact) mass is 751 g/mol. The summed E-state index contributed by atoms with van der Waals surface area (Å²) in [5.74, 6) is 0. The Morgan fingerprint density at radius 1 is 0.254 bits per heavy atom. The number of fused-ring (bicyclic) bond motifs is 6. The number of aryl methyl sites for hydroxylation is 2. The van der Waals surface area contributed by atoms with Crippen molar-refractivity contribution in [2.45, 2.75) is 13.8 Å². The van der Waals surface area contributed by atoms with Crippen LogP contribution in [0.4, 0.5) is 17.1 Å². The van der Waals surface area contributed by atoms with E-state index in [1.807, 2.05) is 0 Å². The van der Waals surface area contributed by atoms with E-state index in [2.05, 4.69) is 231 Å². The summed E-state index contributed by atoms with van der Waals surface area (Å²) in [7, 11) is 0. The number of nitrogens with zero attached hydrogens (tertiary/aromatic N) is 1. The van der Waals surface area contributed by atoms with Crippen molar-refractivity contribution in [3.63, 3.8) is 0 Å². The topological polar surface area (TPSA) is 3.24 Å². The first kappa shape index (κ1) is 34.7. The molecule has 0 heterocycles. The van der Waals surface area contributed by atoms with Gasteiger partial charge in [0, 0.05) is 17.1 Å². The average Bonchev–Trinajstić information content (AvgIpc) is 3.30. The van der Waals surface area contributed by atoms with Crippen molar-refractivity contribution in [3.05, 3.63) is 223 Å². The van der Waals surface area contributed by atoms with E-state index >= 15 is 0 Å². The van der Waals surface area contributed by atoms with Crippen LogP contribution in [0.2, 0.25) is 0 Å². The fourth-order valence-electron chi connectivity index (χ4n) is 9.04. The van der Waals surface area contributed by atoms with Gasteiger partial charge in [0.25, 0.3) is 0 Å². The SMILES string of the molecule is Cc1ccc(-c2ccccc2)cc1N(c1ccc2cc3c(cc2c1)-c1cc2cc(-c4ccccc4)c(-c4ccccc4)cc2cc1-3)c1cc(-c2ccccc2)ccc1C. The van der Waals surface area contributed by atoms with E-state index in [1.54, 1.807) is 0 Å². The van der Waals surface area contributed by atoms with E-state index in [0.717, 1.165) is 5.69 Å². The first-order chi connectivity index (χ1) is 29.1. The molecule has 278 valence electrons. The van der Waals surface area contributed by atoms with Gasteiger partial charge < -0.3 is 4.90 Å². The standard InChI is InChI=1S/C58H41N/c1-38-23-25-45(40-15-7-3-8-16-40)36-57(38)59(58-37-46(26-24-39(58)2)41-17-9-4-10-18-41)50-28-27-44-30-53-54(33-47(44)29-50)56-35-49-32-52(43-21-13-6-14-22-43)51(31-48(49)34-55(53)56)42-19-11-5-12-20-42/h3-37H,1-2H3. The van der Waals surface area contributed by atoms with Gasteiger partial charge in [-0.2, -0.15) is 0 Å². The van der Waals surface area contributed by atoms with E-state index in [4.69, 9.17) is 0 Å². The second-order valence-corrected chi connectivity index (χ2v) is 15.9. The second-order valence-electron chi connectivity index (χ2n) is 15.9. The summed E-state index contributed by atoms with van der Waals surface area (Å²) < 4.78 is 0. The van der Waals surface area contributed by atoms with Crippen LogP contribution >= 0.6 is 0 Å². The van der Waals surface area contributed by atoms with Gasteiger partial charge in [0.15, 0.2) is 0 Å². The highest BCUT2D eigenvalue weighted by Gasteiger charge is 2.26. The van der Waals surface area contributed by atoms with Crippen LogP contribution < -0.4 is 4.90 Å². The van der Waals surface area contributed by atoms with E-state index in [9.17, 15) is 0 Å². The number of benzene rings is 10. The minimum absolute atomic E-state index is 1.14. The summed E-state index contributed by atoms with van der Waals surface area (Å²) in [5.41, 5.74) is 21.0. The van der Waals surface area contributed by atoms with Crippen molar-refractivity contribution in [1.82, 2.24) is 0 Å². The lowest BCUT2D eigenvalue weighted by Crippen LogP contribution is -2.13. The Morgan fingerprint density at radius 3 is 1.03 bits per heavy atom. The molecule has 0 spiro atoms. The Hall–Kier alpha value is -7.48. The third-order valence-electron chi connectivity index (χ3n) is 12.2. The molecule has 1 nitrogen and oxygen atoms in total. The molecule has 0 saturated heterocycles. The third kappa shape index (κ3) is 6.11. The van der Waals surface area contributed by atoms with Crippen molar-refractivity contribution >= 4 is 38.6 Å². The van der Waals surface area contributed by atoms with Crippen LogP contribution in [0.5, 0.6) is 0 Å². The highest BCUT2D eigenvalue weighted by Crippen LogP contribution is 2.52. The summed E-state index contributed by atoms with van der Waals surface area (Å²) in [6.45, 7) is 4.45. The van der Waals surface area contributed by atoms with Crippen LogP contribution in [-0.2, 0) is 0 Å². The molecule has 0 aromatic heterocycles. The van der Waals surface area contributed by atoms with Crippen molar-refractivity contribution in [1.29, 1.82) is 0 Å². The quantitative estimate of drug-likeness (QED) is 0.157. The fourth-order valence-corrected chi connectivity index (χ4v) is 9.04. The Kier molecular flexibility index (Phi) is 8.34. The zero-order valence-corrected chi connectivity index (χ0v) is 33.2. The maximum Gasteiger partial charge on any atom is 0.0497 e. The van der Waals surface area contributed by atoms with Gasteiger partial charge in [0.1, 0.15) is 0 Å². The van der Waals surface area contributed by atoms with E-state index in [-0.39, 0.29) is 0 Å². The predicted octanol–water partition coefficient (Wildman–Crippen LogP) is 16.4. The molecule has 0 unspecified atom stereocenters. The van der Waals surface area contributed by atoms with Crippen LogP contribution in [0.25, 0.3) is 88.3 Å². The zero-order chi connectivity index (χ0) is 39.5. The first-order valence-electron chi connectivity index (χ1n) is 20.5. The molecule has 0 saturated carbocycles. The van der Waals surface area contributed by atoms with Crippen LogP contribution in [0.1, 0.15) is 11.1 Å². The molecule has 0 amide bonds. The highest BCUT2D eigenvalue weighted by atomic mass is 15.1. The molecule has 1 heteroatoms. The van der Waals surface area contributed by atoms with Gasteiger partial charge in [0.2, 0.25) is 0 Å². The van der Waals surface area contributed by atoms with Crippen LogP contribution in [0, 0.1) is 13.8 Å². The Labute approximate surface area is 346 Å². The molecule has 10 aromatic carbocycles. The lowest BCUT2D eigenvalue weighted by molar-refractivity contribution is 1.23. The minimum Gasteiger partial charge on any atom is -0.310 e. The molecule has 1 aliphatic rings. The van der Waals surface area contributed by atoms with Crippen LogP contribution in [0.15, 0.2) is 212 Å². The third-order valence-corrected chi connectivity index (χ3v) is 12.2. The first-order valence-corrected chi connectivity index (χ1v) is 20.5. The van der Waals surface area contributed by atoms with Gasteiger partial charge in [-0.3, -0.25) is 0 Å². The lowest BCUT2D eigenvalue weighted by Gasteiger charge is -2.30. The summed E-state index contributed by atoms with van der Waals surface area (Å²) in [4.78, 5) is 2.47. The summed E-state index contributed by atoms with van der Waals surface area (Å²) >= 11 is 0. The Morgan fingerprint density at radius 2 is 0.610 bits per heavy atom. The molecule has 1 aliphatic carbocycles. The van der Waals surface area contributed by atoms with Gasteiger partial charge in [-0.05, 0) is 174 Å². The molecule has 0 N–H and O–H groups in total. The second kappa shape index (κ2) is 14.2. The van der Waals surface area contributed by atoms with Crippen molar-refractivity contribution in [3.8, 4) is 66.8 Å². The largest absolute Gasteiger partial charge is 0.310 e. The molecular weight excluding hydrogens is 711 g/mol. The Bertz CT molecular complexity index is 3110. The molecular formula is C58H41N. The summed E-state index contributed by atoms with van der Waals surface area (Å²) in [6.07, 6.45) is 0. The molecule has 11 rings (SSSR count). The Balaban J connectivity index is 1.06. The number of anilines is 3. The number of hydrogen-bond acceptors (Lipinski definition) is 1. The highest BCUT2D eigenvalue weighted by molar-refractivity contribution is 6.13. The lowest BCUT2D eigenvalue weighted by atomic mass is 9.77. The van der Waals surface area contributed by atoms with Gasteiger partial charge in [-0.25, -0.2) is 0 Å². The van der Waals surface area contributed by atoms with E-state index < -0.39 is 0 Å². The number of rotatable bonds is 7. The fraction of sp³-hybridized carbons (Fsp3) is 0.0345. The maximum atomic E-state index is 2.47. The van der Waals surface area contributed by atoms with Crippen LogP contribution in [-0.4, -0.2) is 0 Å². The predicted molar refractivity (Wildman–Crippen MR) is 252 cm³/mol. The molecule has 0 fully saturated rings. The van der Waals surface area contributed by atoms with Gasteiger partial charge in [-0.15, -0.1) is 0 Å². The van der Waals surface area contributed by atoms with Crippen molar-refractivity contribution < 1.29 is 0 Å². The minimum atomic E-state index is 1.14. The van der Waals surface area contributed by atoms with E-state index in [0.29, 0.717) is 0 Å². The molecule has 0 aliphatic heterocycles.